The molecular formula is C18H21FN4O2. The zero-order valence-electron chi connectivity index (χ0n) is 14.4. The molecule has 0 spiro atoms. The van der Waals surface area contributed by atoms with Gasteiger partial charge >= 0.3 is 0 Å². The first-order chi connectivity index (χ1) is 12.0. The molecule has 2 aliphatic heterocycles. The predicted octanol–water partition coefficient (Wildman–Crippen LogP) is 2.12. The van der Waals surface area contributed by atoms with Gasteiger partial charge in [-0.1, -0.05) is 0 Å². The summed E-state index contributed by atoms with van der Waals surface area (Å²) in [5, 5.41) is 4.18. The van der Waals surface area contributed by atoms with Gasteiger partial charge in [-0.3, -0.25) is 9.48 Å². The van der Waals surface area contributed by atoms with Crippen molar-refractivity contribution in [2.45, 2.75) is 12.5 Å². The minimum absolute atomic E-state index is 0.00805. The molecule has 1 amide bonds. The van der Waals surface area contributed by atoms with Crippen molar-refractivity contribution in [1.29, 1.82) is 0 Å². The van der Waals surface area contributed by atoms with Crippen LogP contribution in [0.5, 0.6) is 0 Å². The molecule has 1 fully saturated rings. The van der Waals surface area contributed by atoms with Crippen LogP contribution >= 0.6 is 0 Å². The highest BCUT2D eigenvalue weighted by molar-refractivity contribution is 5.99. The third-order valence-corrected chi connectivity index (χ3v) is 5.03. The van der Waals surface area contributed by atoms with Crippen LogP contribution in [-0.4, -0.2) is 42.4 Å². The van der Waals surface area contributed by atoms with Gasteiger partial charge in [-0.25, -0.2) is 4.39 Å². The number of hydrogen-bond acceptors (Lipinski definition) is 4. The Balaban J connectivity index is 1.65. The summed E-state index contributed by atoms with van der Waals surface area (Å²) >= 11 is 0. The van der Waals surface area contributed by atoms with Gasteiger partial charge in [0, 0.05) is 45.6 Å². The van der Waals surface area contributed by atoms with Gasteiger partial charge in [0.1, 0.15) is 5.82 Å². The molecule has 0 bridgehead atoms. The summed E-state index contributed by atoms with van der Waals surface area (Å²) in [5.41, 5.74) is 2.42. The number of anilines is 2. The fraction of sp³-hybridized carbons (Fsp3) is 0.444. The first-order valence-corrected chi connectivity index (χ1v) is 8.47. The van der Waals surface area contributed by atoms with E-state index >= 15 is 0 Å². The number of nitrogens with zero attached hydrogens (tertiary/aromatic N) is 4. The molecule has 6 nitrogen and oxygen atoms in total. The highest BCUT2D eigenvalue weighted by atomic mass is 19.1. The van der Waals surface area contributed by atoms with Crippen LogP contribution in [0.2, 0.25) is 0 Å². The van der Waals surface area contributed by atoms with Crippen LogP contribution in [0.1, 0.15) is 18.1 Å². The minimum Gasteiger partial charge on any atom is -0.373 e. The summed E-state index contributed by atoms with van der Waals surface area (Å²) in [7, 11) is 3.80. The highest BCUT2D eigenvalue weighted by Gasteiger charge is 2.40. The maximum atomic E-state index is 13.8. The largest absolute Gasteiger partial charge is 0.373 e. The summed E-state index contributed by atoms with van der Waals surface area (Å²) in [5.74, 6) is -0.617. The van der Waals surface area contributed by atoms with Crippen LogP contribution in [0, 0.1) is 11.7 Å². The number of fused-ring (bicyclic) bond motifs is 1. The number of aromatic nitrogens is 2. The molecule has 132 valence electrons. The molecule has 0 N–H and O–H groups in total. The number of carbonyl (C=O) groups is 1. The lowest BCUT2D eigenvalue weighted by Gasteiger charge is -2.37. The average Bonchev–Trinajstić information content (AvgIpc) is 3.23. The highest BCUT2D eigenvalue weighted by Crippen LogP contribution is 2.39. The van der Waals surface area contributed by atoms with Gasteiger partial charge in [0.15, 0.2) is 0 Å². The maximum absolute atomic E-state index is 13.8. The number of hydrogen-bond donors (Lipinski definition) is 0. The smallest absolute Gasteiger partial charge is 0.233 e. The van der Waals surface area contributed by atoms with E-state index in [4.69, 9.17) is 4.74 Å². The molecule has 2 aromatic rings. The monoisotopic (exact) mass is 344 g/mol. The molecule has 0 unspecified atom stereocenters. The van der Waals surface area contributed by atoms with Crippen molar-refractivity contribution in [3.05, 3.63) is 42.0 Å². The molecule has 0 saturated carbocycles. The molecule has 2 aliphatic rings. The molecule has 3 heterocycles. The van der Waals surface area contributed by atoms with E-state index < -0.39 is 0 Å². The van der Waals surface area contributed by atoms with Gasteiger partial charge in [-0.2, -0.15) is 5.10 Å². The molecule has 1 aromatic carbocycles. The second-order valence-corrected chi connectivity index (χ2v) is 6.68. The SMILES string of the molecule is CN1CCN(C(=O)[C@H]2CCO[C@@H]2c2cnn(C)c2)c2cc(F)ccc21. The second kappa shape index (κ2) is 6.15. The molecule has 2 atom stereocenters. The number of benzene rings is 1. The first-order valence-electron chi connectivity index (χ1n) is 8.47. The van der Waals surface area contributed by atoms with E-state index in [2.05, 4.69) is 5.10 Å². The lowest BCUT2D eigenvalue weighted by atomic mass is 9.95. The number of amides is 1. The van der Waals surface area contributed by atoms with Crippen molar-refractivity contribution in [1.82, 2.24) is 9.78 Å². The Morgan fingerprint density at radius 3 is 2.88 bits per heavy atom. The summed E-state index contributed by atoms with van der Waals surface area (Å²) in [6, 6.07) is 4.60. The first kappa shape index (κ1) is 16.1. The standard InChI is InChI=1S/C18H21FN4O2/c1-21-6-7-23(16-9-13(19)3-4-15(16)21)18(24)14-5-8-25-17(14)12-10-20-22(2)11-12/h3-4,9-11,14,17H,5-8H2,1-2H3/t14-,17+/m0/s1. The van der Waals surface area contributed by atoms with E-state index in [9.17, 15) is 9.18 Å². The molecule has 1 aromatic heterocycles. The number of ether oxygens (including phenoxy) is 1. The van der Waals surface area contributed by atoms with Crippen LogP contribution in [0.4, 0.5) is 15.8 Å². The molecule has 7 heteroatoms. The van der Waals surface area contributed by atoms with Crippen LogP contribution in [0.25, 0.3) is 0 Å². The molecule has 0 radical (unpaired) electrons. The summed E-state index contributed by atoms with van der Waals surface area (Å²) < 4.78 is 21.3. The van der Waals surface area contributed by atoms with E-state index in [-0.39, 0.29) is 23.7 Å². The number of likely N-dealkylation sites (N-methyl/N-ethyl adjacent to an activating group) is 1. The fourth-order valence-corrected chi connectivity index (χ4v) is 3.71. The van der Waals surface area contributed by atoms with Crippen LogP contribution in [-0.2, 0) is 16.6 Å². The topological polar surface area (TPSA) is 50.6 Å². The molecular weight excluding hydrogens is 323 g/mol. The predicted molar refractivity (Wildman–Crippen MR) is 92.0 cm³/mol. The Bertz CT molecular complexity index is 806. The molecule has 0 aliphatic carbocycles. The third-order valence-electron chi connectivity index (χ3n) is 5.03. The summed E-state index contributed by atoms with van der Waals surface area (Å²) in [4.78, 5) is 17.0. The van der Waals surface area contributed by atoms with Crippen LogP contribution < -0.4 is 9.80 Å². The average molecular weight is 344 g/mol. The number of aryl methyl sites for hydroxylation is 1. The molecule has 1 saturated heterocycles. The summed E-state index contributed by atoms with van der Waals surface area (Å²) in [6.45, 7) is 1.80. The van der Waals surface area contributed by atoms with Gasteiger partial charge in [0.2, 0.25) is 5.91 Å². The minimum atomic E-state index is -0.335. The lowest BCUT2D eigenvalue weighted by molar-refractivity contribution is -0.124. The Hall–Kier alpha value is -2.41. The quantitative estimate of drug-likeness (QED) is 0.837. The van der Waals surface area contributed by atoms with Gasteiger partial charge < -0.3 is 14.5 Å². The van der Waals surface area contributed by atoms with Crippen molar-refractivity contribution in [3.8, 4) is 0 Å². The zero-order valence-corrected chi connectivity index (χ0v) is 14.4. The van der Waals surface area contributed by atoms with Gasteiger partial charge in [-0.15, -0.1) is 0 Å². The van der Waals surface area contributed by atoms with Crippen molar-refractivity contribution in [3.63, 3.8) is 0 Å². The Morgan fingerprint density at radius 1 is 1.28 bits per heavy atom. The van der Waals surface area contributed by atoms with Gasteiger partial charge in [-0.05, 0) is 24.6 Å². The van der Waals surface area contributed by atoms with Gasteiger partial charge in [0.25, 0.3) is 0 Å². The fourth-order valence-electron chi connectivity index (χ4n) is 3.71. The number of rotatable bonds is 2. The Morgan fingerprint density at radius 2 is 2.12 bits per heavy atom. The zero-order chi connectivity index (χ0) is 17.6. The van der Waals surface area contributed by atoms with Crippen LogP contribution in [0.3, 0.4) is 0 Å². The van der Waals surface area contributed by atoms with Crippen molar-refractivity contribution in [2.24, 2.45) is 13.0 Å². The lowest BCUT2D eigenvalue weighted by Crippen LogP contribution is -2.45. The van der Waals surface area contributed by atoms with Crippen molar-refractivity contribution >= 4 is 17.3 Å². The third kappa shape index (κ3) is 2.78. The normalized spacial score (nSPS) is 23.0. The number of carbonyl (C=O) groups excluding carboxylic acids is 1. The van der Waals surface area contributed by atoms with Gasteiger partial charge in [0.05, 0.1) is 29.6 Å². The summed E-state index contributed by atoms with van der Waals surface area (Å²) in [6.07, 6.45) is 4.00. The van der Waals surface area contributed by atoms with E-state index in [1.54, 1.807) is 21.8 Å². The second-order valence-electron chi connectivity index (χ2n) is 6.68. The van der Waals surface area contributed by atoms with E-state index in [1.165, 1.54) is 12.1 Å². The molecule has 4 rings (SSSR count). The Kier molecular flexibility index (Phi) is 3.95. The number of halogens is 1. The van der Waals surface area contributed by atoms with Crippen molar-refractivity contribution < 1.29 is 13.9 Å². The van der Waals surface area contributed by atoms with E-state index in [1.807, 2.05) is 25.2 Å². The van der Waals surface area contributed by atoms with Crippen molar-refractivity contribution in [2.75, 3.05) is 36.5 Å². The van der Waals surface area contributed by atoms with E-state index in [0.29, 0.717) is 25.3 Å². The van der Waals surface area contributed by atoms with E-state index in [0.717, 1.165) is 17.8 Å². The van der Waals surface area contributed by atoms with Crippen LogP contribution in [0.15, 0.2) is 30.6 Å². The Labute approximate surface area is 145 Å². The molecule has 25 heavy (non-hydrogen) atoms. The maximum Gasteiger partial charge on any atom is 0.233 e.